The van der Waals surface area contributed by atoms with Crippen molar-refractivity contribution in [2.24, 2.45) is 5.92 Å². The lowest BCUT2D eigenvalue weighted by molar-refractivity contribution is -0.142. The Labute approximate surface area is 63.8 Å². The van der Waals surface area contributed by atoms with Gasteiger partial charge in [-0.05, 0) is 6.92 Å². The highest BCUT2D eigenvalue weighted by molar-refractivity contribution is 5.82. The number of hydrogen-bond donors (Lipinski definition) is 3. The molecule has 0 aromatic heterocycles. The number of amides is 1. The van der Waals surface area contributed by atoms with Crippen molar-refractivity contribution in [1.29, 1.82) is 0 Å². The second-order valence-corrected chi connectivity index (χ2v) is 2.55. The lowest BCUT2D eigenvalue weighted by atomic mass is 10.1. The fraction of sp³-hybridized carbons (Fsp3) is 0.667. The van der Waals surface area contributed by atoms with E-state index >= 15 is 0 Å². The van der Waals surface area contributed by atoms with Crippen molar-refractivity contribution < 1.29 is 14.7 Å². The second kappa shape index (κ2) is 2.87. The minimum Gasteiger partial charge on any atom is -0.481 e. The number of carboxylic acid groups (broad SMARTS) is 1. The van der Waals surface area contributed by atoms with E-state index in [2.05, 4.69) is 10.6 Å². The molecular formula is C6H10N2O3. The molecule has 1 saturated heterocycles. The first-order chi connectivity index (χ1) is 5.11. The summed E-state index contributed by atoms with van der Waals surface area (Å²) in [5.74, 6) is -1.64. The second-order valence-electron chi connectivity index (χ2n) is 2.55. The standard InChI is InChI=1S/C6H10N2O3/c1-3(6(10)11)5-7-2-4(9)8-5/h3,5,7H,2H2,1H3,(H,8,9)(H,10,11). The average Bonchev–Trinajstić information content (AvgIpc) is 2.34. The van der Waals surface area contributed by atoms with Gasteiger partial charge in [0.2, 0.25) is 5.91 Å². The lowest BCUT2D eigenvalue weighted by Gasteiger charge is -2.14. The number of rotatable bonds is 2. The number of hydrogen-bond acceptors (Lipinski definition) is 3. The van der Waals surface area contributed by atoms with Crippen LogP contribution in [0.2, 0.25) is 0 Å². The molecule has 0 bridgehead atoms. The normalized spacial score (nSPS) is 26.3. The number of carbonyl (C=O) groups is 2. The summed E-state index contributed by atoms with van der Waals surface area (Å²) in [5, 5.41) is 13.8. The first kappa shape index (κ1) is 8.00. The topological polar surface area (TPSA) is 78.4 Å². The molecular weight excluding hydrogens is 148 g/mol. The Hall–Kier alpha value is -1.10. The Balaban J connectivity index is 2.49. The Bertz CT molecular complexity index is 192. The molecule has 1 aliphatic rings. The number of aliphatic carboxylic acids is 1. The van der Waals surface area contributed by atoms with Crippen molar-refractivity contribution in [3.8, 4) is 0 Å². The van der Waals surface area contributed by atoms with Crippen molar-refractivity contribution in [3.63, 3.8) is 0 Å². The van der Waals surface area contributed by atoms with Gasteiger partial charge in [-0.25, -0.2) is 0 Å². The van der Waals surface area contributed by atoms with Crippen LogP contribution in [0.25, 0.3) is 0 Å². The van der Waals surface area contributed by atoms with Gasteiger partial charge in [-0.3, -0.25) is 14.9 Å². The molecule has 2 atom stereocenters. The van der Waals surface area contributed by atoms with Gasteiger partial charge < -0.3 is 10.4 Å². The van der Waals surface area contributed by atoms with E-state index in [9.17, 15) is 9.59 Å². The summed E-state index contributed by atoms with van der Waals surface area (Å²) >= 11 is 0. The van der Waals surface area contributed by atoms with Crippen molar-refractivity contribution in [3.05, 3.63) is 0 Å². The molecule has 0 radical (unpaired) electrons. The summed E-state index contributed by atoms with van der Waals surface area (Å²) in [6, 6.07) is 0. The molecule has 5 nitrogen and oxygen atoms in total. The zero-order valence-corrected chi connectivity index (χ0v) is 6.13. The maximum atomic E-state index is 10.6. The zero-order chi connectivity index (χ0) is 8.43. The fourth-order valence-corrected chi connectivity index (χ4v) is 0.923. The number of carboxylic acids is 1. The third-order valence-electron chi connectivity index (χ3n) is 1.69. The highest BCUT2D eigenvalue weighted by Gasteiger charge is 2.29. The molecule has 62 valence electrons. The van der Waals surface area contributed by atoms with E-state index in [0.717, 1.165) is 0 Å². The predicted octanol–water partition coefficient (Wildman–Crippen LogP) is -1.25. The smallest absolute Gasteiger partial charge is 0.309 e. The quantitative estimate of drug-likeness (QED) is 0.469. The SMILES string of the molecule is CC(C(=O)O)C1NCC(=O)N1. The molecule has 1 rings (SSSR count). The van der Waals surface area contributed by atoms with Crippen LogP contribution in [0.5, 0.6) is 0 Å². The molecule has 11 heavy (non-hydrogen) atoms. The zero-order valence-electron chi connectivity index (χ0n) is 6.13. The summed E-state index contributed by atoms with van der Waals surface area (Å²) < 4.78 is 0. The van der Waals surface area contributed by atoms with Gasteiger partial charge in [0.05, 0.1) is 18.6 Å². The Kier molecular flexibility index (Phi) is 2.09. The van der Waals surface area contributed by atoms with E-state index in [1.807, 2.05) is 0 Å². The maximum absolute atomic E-state index is 10.6. The molecule has 5 heteroatoms. The van der Waals surface area contributed by atoms with Crippen LogP contribution in [0.4, 0.5) is 0 Å². The molecule has 0 saturated carbocycles. The molecule has 0 aromatic rings. The maximum Gasteiger partial charge on any atom is 0.309 e. The molecule has 1 fully saturated rings. The van der Waals surface area contributed by atoms with Gasteiger partial charge in [-0.2, -0.15) is 0 Å². The van der Waals surface area contributed by atoms with Crippen LogP contribution in [0, 0.1) is 5.92 Å². The molecule has 2 unspecified atom stereocenters. The predicted molar refractivity (Wildman–Crippen MR) is 36.7 cm³/mol. The Morgan fingerprint density at radius 3 is 2.82 bits per heavy atom. The van der Waals surface area contributed by atoms with Crippen molar-refractivity contribution >= 4 is 11.9 Å². The number of nitrogens with one attached hydrogen (secondary N) is 2. The number of carbonyl (C=O) groups excluding carboxylic acids is 1. The van der Waals surface area contributed by atoms with E-state index in [0.29, 0.717) is 0 Å². The van der Waals surface area contributed by atoms with Gasteiger partial charge >= 0.3 is 5.97 Å². The summed E-state index contributed by atoms with van der Waals surface area (Å²) in [6.07, 6.45) is -0.417. The van der Waals surface area contributed by atoms with E-state index in [1.54, 1.807) is 6.92 Å². The third kappa shape index (κ3) is 1.68. The van der Waals surface area contributed by atoms with Crippen LogP contribution in [0.3, 0.4) is 0 Å². The van der Waals surface area contributed by atoms with Crippen molar-refractivity contribution in [1.82, 2.24) is 10.6 Å². The van der Waals surface area contributed by atoms with E-state index in [1.165, 1.54) is 0 Å². The van der Waals surface area contributed by atoms with Crippen LogP contribution in [-0.2, 0) is 9.59 Å². The largest absolute Gasteiger partial charge is 0.481 e. The molecule has 0 aliphatic carbocycles. The molecule has 3 N–H and O–H groups in total. The van der Waals surface area contributed by atoms with Gasteiger partial charge in [0, 0.05) is 0 Å². The Morgan fingerprint density at radius 2 is 2.45 bits per heavy atom. The van der Waals surface area contributed by atoms with Crippen molar-refractivity contribution in [2.45, 2.75) is 13.1 Å². The first-order valence-corrected chi connectivity index (χ1v) is 3.37. The van der Waals surface area contributed by atoms with Crippen LogP contribution in [0.15, 0.2) is 0 Å². The fourth-order valence-electron chi connectivity index (χ4n) is 0.923. The Morgan fingerprint density at radius 1 is 1.82 bits per heavy atom. The van der Waals surface area contributed by atoms with Crippen LogP contribution >= 0.6 is 0 Å². The minimum absolute atomic E-state index is 0.150. The van der Waals surface area contributed by atoms with Gasteiger partial charge in [0.1, 0.15) is 0 Å². The molecule has 1 aliphatic heterocycles. The molecule has 1 heterocycles. The highest BCUT2D eigenvalue weighted by atomic mass is 16.4. The summed E-state index contributed by atoms with van der Waals surface area (Å²) in [4.78, 5) is 21.0. The first-order valence-electron chi connectivity index (χ1n) is 3.37. The van der Waals surface area contributed by atoms with Crippen LogP contribution in [-0.4, -0.2) is 29.7 Å². The minimum atomic E-state index is -0.912. The average molecular weight is 158 g/mol. The monoisotopic (exact) mass is 158 g/mol. The molecule has 1 amide bonds. The summed E-state index contributed by atoms with van der Waals surface area (Å²) in [5.41, 5.74) is 0. The summed E-state index contributed by atoms with van der Waals surface area (Å²) in [6.45, 7) is 1.76. The van der Waals surface area contributed by atoms with Gasteiger partial charge in [0.15, 0.2) is 0 Å². The lowest BCUT2D eigenvalue weighted by Crippen LogP contribution is -2.41. The van der Waals surface area contributed by atoms with E-state index < -0.39 is 18.1 Å². The molecule has 0 aromatic carbocycles. The van der Waals surface area contributed by atoms with Gasteiger partial charge in [-0.15, -0.1) is 0 Å². The van der Waals surface area contributed by atoms with Crippen molar-refractivity contribution in [2.75, 3.05) is 6.54 Å². The van der Waals surface area contributed by atoms with Gasteiger partial charge in [0.25, 0.3) is 0 Å². The van der Waals surface area contributed by atoms with Gasteiger partial charge in [-0.1, -0.05) is 0 Å². The van der Waals surface area contributed by atoms with Crippen LogP contribution in [0.1, 0.15) is 6.92 Å². The summed E-state index contributed by atoms with van der Waals surface area (Å²) in [7, 11) is 0. The van der Waals surface area contributed by atoms with E-state index in [4.69, 9.17) is 5.11 Å². The van der Waals surface area contributed by atoms with Crippen LogP contribution < -0.4 is 10.6 Å². The highest BCUT2D eigenvalue weighted by Crippen LogP contribution is 2.02. The third-order valence-corrected chi connectivity index (χ3v) is 1.69. The van der Waals surface area contributed by atoms with E-state index in [-0.39, 0.29) is 12.5 Å². The molecule has 0 spiro atoms.